The van der Waals surface area contributed by atoms with Gasteiger partial charge in [0.2, 0.25) is 0 Å². The standard InChI is InChI=1S/C58H44N2O2/c1-35(2)43-19-11-13-21-51(43)59(39-15-7-5-8-16-39)41-25-29-45-49-31-37-24-28-48-56-38(23-27-47(55(37)56)57(49)61-53(45)33-41)32-50-46-30-26-42(34-54(46)62-58(48)50)60(40-17-9-6-10-18-40)52-22-14-12-20-44(52)36(3)4/h5-36H,1-4H3. The van der Waals surface area contributed by atoms with Gasteiger partial charge < -0.3 is 18.6 Å². The molecule has 0 radical (unpaired) electrons. The average Bonchev–Trinajstić information content (AvgIpc) is 3.86. The van der Waals surface area contributed by atoms with Gasteiger partial charge in [0.15, 0.2) is 0 Å². The molecule has 0 aliphatic heterocycles. The summed E-state index contributed by atoms with van der Waals surface area (Å²) >= 11 is 0. The van der Waals surface area contributed by atoms with E-state index >= 15 is 0 Å². The first kappa shape index (κ1) is 36.3. The van der Waals surface area contributed by atoms with E-state index < -0.39 is 0 Å². The molecule has 0 amide bonds. The highest BCUT2D eigenvalue weighted by Crippen LogP contribution is 2.48. The van der Waals surface area contributed by atoms with E-state index in [4.69, 9.17) is 8.83 Å². The average molecular weight is 801 g/mol. The number of para-hydroxylation sites is 4. The van der Waals surface area contributed by atoms with Crippen LogP contribution < -0.4 is 9.80 Å². The van der Waals surface area contributed by atoms with Crippen molar-refractivity contribution in [3.8, 4) is 0 Å². The number of furan rings is 2. The van der Waals surface area contributed by atoms with Crippen LogP contribution in [0.5, 0.6) is 0 Å². The maximum Gasteiger partial charge on any atom is 0.143 e. The minimum absolute atomic E-state index is 0.361. The second-order valence-corrected chi connectivity index (χ2v) is 17.3. The van der Waals surface area contributed by atoms with E-state index in [0.717, 1.165) is 77.4 Å². The Bertz CT molecular complexity index is 3410. The molecular formula is C58H44N2O2. The van der Waals surface area contributed by atoms with Gasteiger partial charge in [-0.3, -0.25) is 0 Å². The highest BCUT2D eigenvalue weighted by molar-refractivity contribution is 6.34. The van der Waals surface area contributed by atoms with Gasteiger partial charge in [0.25, 0.3) is 0 Å². The summed E-state index contributed by atoms with van der Waals surface area (Å²) in [6, 6.07) is 65.7. The van der Waals surface area contributed by atoms with Gasteiger partial charge in [0, 0.05) is 89.3 Å². The summed E-state index contributed by atoms with van der Waals surface area (Å²) in [5.41, 5.74) is 12.8. The molecule has 298 valence electrons. The van der Waals surface area contributed by atoms with Crippen LogP contribution >= 0.6 is 0 Å². The van der Waals surface area contributed by atoms with E-state index in [1.54, 1.807) is 0 Å². The maximum absolute atomic E-state index is 6.96. The summed E-state index contributed by atoms with van der Waals surface area (Å²) < 4.78 is 13.9. The molecule has 4 nitrogen and oxygen atoms in total. The van der Waals surface area contributed by atoms with Crippen LogP contribution in [0.25, 0.3) is 76.2 Å². The Balaban J connectivity index is 1.03. The lowest BCUT2D eigenvalue weighted by molar-refractivity contribution is 0.672. The first-order valence-electron chi connectivity index (χ1n) is 21.7. The molecule has 0 N–H and O–H groups in total. The highest BCUT2D eigenvalue weighted by atomic mass is 16.3. The predicted molar refractivity (Wildman–Crippen MR) is 262 cm³/mol. The Morgan fingerprint density at radius 2 is 0.726 bits per heavy atom. The van der Waals surface area contributed by atoms with Crippen LogP contribution in [-0.2, 0) is 0 Å². The third-order valence-corrected chi connectivity index (χ3v) is 12.9. The number of nitrogens with zero attached hydrogens (tertiary/aromatic N) is 2. The Labute approximate surface area is 360 Å². The van der Waals surface area contributed by atoms with E-state index in [1.165, 1.54) is 44.0 Å². The Morgan fingerprint density at radius 1 is 0.339 bits per heavy atom. The normalized spacial score (nSPS) is 12.2. The Kier molecular flexibility index (Phi) is 8.20. The number of fused-ring (bicyclic) bond motifs is 8. The number of hydrogen-bond acceptors (Lipinski definition) is 4. The molecular weight excluding hydrogens is 757 g/mol. The Hall–Kier alpha value is -7.56. The van der Waals surface area contributed by atoms with Gasteiger partial charge in [-0.1, -0.05) is 113 Å². The number of rotatable bonds is 8. The van der Waals surface area contributed by atoms with Crippen molar-refractivity contribution in [1.29, 1.82) is 0 Å². The van der Waals surface area contributed by atoms with Crippen LogP contribution in [0.2, 0.25) is 0 Å². The van der Waals surface area contributed by atoms with Gasteiger partial charge in [-0.05, 0) is 119 Å². The minimum atomic E-state index is 0.361. The van der Waals surface area contributed by atoms with Gasteiger partial charge >= 0.3 is 0 Å². The van der Waals surface area contributed by atoms with E-state index in [1.807, 2.05) is 0 Å². The quantitative estimate of drug-likeness (QED) is 0.143. The molecule has 0 saturated heterocycles. The summed E-state index contributed by atoms with van der Waals surface area (Å²) in [5, 5.41) is 11.5. The van der Waals surface area contributed by atoms with E-state index in [2.05, 4.69) is 219 Å². The lowest BCUT2D eigenvalue weighted by atomic mass is 9.91. The highest BCUT2D eigenvalue weighted by Gasteiger charge is 2.24. The first-order valence-corrected chi connectivity index (χ1v) is 21.7. The molecule has 0 saturated carbocycles. The van der Waals surface area contributed by atoms with Crippen LogP contribution in [0.4, 0.5) is 34.1 Å². The van der Waals surface area contributed by atoms with Crippen molar-refractivity contribution in [2.45, 2.75) is 39.5 Å². The fourth-order valence-corrected chi connectivity index (χ4v) is 10.0. The van der Waals surface area contributed by atoms with Crippen LogP contribution in [0.15, 0.2) is 191 Å². The SMILES string of the molecule is CC(C)c1ccccc1N(c1ccccc1)c1ccc2c(c1)oc1c2cc2ccc3c4oc5cc(N(c6ccccc6)c6ccccc6C(C)C)ccc5c4cc4ccc1c2c43. The first-order chi connectivity index (χ1) is 30.4. The number of hydrogen-bond donors (Lipinski definition) is 0. The van der Waals surface area contributed by atoms with Crippen molar-refractivity contribution in [2.24, 2.45) is 0 Å². The van der Waals surface area contributed by atoms with E-state index in [0.29, 0.717) is 11.8 Å². The molecule has 0 spiro atoms. The van der Waals surface area contributed by atoms with Gasteiger partial charge in [-0.25, -0.2) is 0 Å². The monoisotopic (exact) mass is 800 g/mol. The van der Waals surface area contributed by atoms with Crippen molar-refractivity contribution >= 4 is 110 Å². The zero-order valence-corrected chi connectivity index (χ0v) is 35.2. The second-order valence-electron chi connectivity index (χ2n) is 17.3. The van der Waals surface area contributed by atoms with Gasteiger partial charge in [-0.15, -0.1) is 0 Å². The molecule has 0 bridgehead atoms. The molecule has 12 rings (SSSR count). The molecule has 0 atom stereocenters. The summed E-state index contributed by atoms with van der Waals surface area (Å²) in [5.74, 6) is 0.723. The van der Waals surface area contributed by atoms with E-state index in [9.17, 15) is 0 Å². The number of anilines is 6. The van der Waals surface area contributed by atoms with Crippen molar-refractivity contribution < 1.29 is 8.83 Å². The van der Waals surface area contributed by atoms with Crippen LogP contribution in [0.3, 0.4) is 0 Å². The molecule has 0 aliphatic rings. The van der Waals surface area contributed by atoms with Crippen molar-refractivity contribution in [1.82, 2.24) is 0 Å². The van der Waals surface area contributed by atoms with Gasteiger partial charge in [0.1, 0.15) is 22.3 Å². The summed E-state index contributed by atoms with van der Waals surface area (Å²) in [7, 11) is 0. The van der Waals surface area contributed by atoms with Crippen molar-refractivity contribution in [3.05, 3.63) is 193 Å². The molecule has 0 unspecified atom stereocenters. The van der Waals surface area contributed by atoms with Crippen molar-refractivity contribution in [2.75, 3.05) is 9.80 Å². The van der Waals surface area contributed by atoms with Gasteiger partial charge in [0.05, 0.1) is 0 Å². The molecule has 4 heteroatoms. The van der Waals surface area contributed by atoms with Crippen LogP contribution in [-0.4, -0.2) is 0 Å². The zero-order chi connectivity index (χ0) is 41.6. The zero-order valence-electron chi connectivity index (χ0n) is 35.2. The third kappa shape index (κ3) is 5.53. The van der Waals surface area contributed by atoms with Crippen LogP contribution in [0, 0.1) is 0 Å². The molecule has 10 aromatic carbocycles. The largest absolute Gasteiger partial charge is 0.455 e. The van der Waals surface area contributed by atoms with E-state index in [-0.39, 0.29) is 0 Å². The Morgan fingerprint density at radius 3 is 1.15 bits per heavy atom. The number of benzene rings is 10. The molecule has 62 heavy (non-hydrogen) atoms. The lowest BCUT2D eigenvalue weighted by Crippen LogP contribution is -2.12. The third-order valence-electron chi connectivity index (χ3n) is 12.9. The molecule has 0 aliphatic carbocycles. The molecule has 12 aromatic rings. The van der Waals surface area contributed by atoms with Crippen molar-refractivity contribution in [3.63, 3.8) is 0 Å². The molecule has 0 fully saturated rings. The summed E-state index contributed by atoms with van der Waals surface area (Å²) in [4.78, 5) is 4.71. The topological polar surface area (TPSA) is 32.8 Å². The predicted octanol–water partition coefficient (Wildman–Crippen LogP) is 17.6. The summed E-state index contributed by atoms with van der Waals surface area (Å²) in [6.07, 6.45) is 0. The summed E-state index contributed by atoms with van der Waals surface area (Å²) in [6.45, 7) is 9.03. The fourth-order valence-electron chi connectivity index (χ4n) is 10.0. The van der Waals surface area contributed by atoms with Gasteiger partial charge in [-0.2, -0.15) is 0 Å². The second kappa shape index (κ2) is 14.0. The lowest BCUT2D eigenvalue weighted by Gasteiger charge is -2.28. The minimum Gasteiger partial charge on any atom is -0.455 e. The smallest absolute Gasteiger partial charge is 0.143 e. The molecule has 2 heterocycles. The van der Waals surface area contributed by atoms with Crippen LogP contribution in [0.1, 0.15) is 50.7 Å². The molecule has 2 aromatic heterocycles. The maximum atomic E-state index is 6.96. The fraction of sp³-hybridized carbons (Fsp3) is 0.103.